The van der Waals surface area contributed by atoms with Crippen molar-refractivity contribution in [2.45, 2.75) is 46.7 Å². The predicted molar refractivity (Wildman–Crippen MR) is 95.9 cm³/mol. The summed E-state index contributed by atoms with van der Waals surface area (Å²) in [4.78, 5) is 6.71. The number of aryl methyl sites for hydroxylation is 1. The fourth-order valence-corrected chi connectivity index (χ4v) is 2.46. The number of guanidine groups is 1. The van der Waals surface area contributed by atoms with Crippen molar-refractivity contribution in [1.29, 1.82) is 0 Å². The van der Waals surface area contributed by atoms with Gasteiger partial charge in [0.25, 0.3) is 0 Å². The Labute approximate surface area is 144 Å². The molecule has 0 radical (unpaired) electrons. The minimum absolute atomic E-state index is 0. The Bertz CT molecular complexity index is 532. The summed E-state index contributed by atoms with van der Waals surface area (Å²) >= 11 is 0. The maximum Gasteiger partial charge on any atom is 0.194 e. The molecule has 0 saturated carbocycles. The van der Waals surface area contributed by atoms with E-state index in [1.807, 2.05) is 25.6 Å². The van der Waals surface area contributed by atoms with Gasteiger partial charge in [-0.15, -0.1) is 34.2 Å². The van der Waals surface area contributed by atoms with E-state index >= 15 is 0 Å². The van der Waals surface area contributed by atoms with Gasteiger partial charge in [-0.05, 0) is 20.8 Å². The summed E-state index contributed by atoms with van der Waals surface area (Å²) in [6.07, 6.45) is 0. The van der Waals surface area contributed by atoms with Gasteiger partial charge in [-0.2, -0.15) is 0 Å². The molecule has 7 heteroatoms. The number of likely N-dealkylation sites (tertiary alicyclic amines) is 1. The van der Waals surface area contributed by atoms with E-state index in [1.165, 1.54) is 0 Å². The first-order chi connectivity index (χ1) is 9.20. The monoisotopic (exact) mass is 406 g/mol. The highest BCUT2D eigenvalue weighted by molar-refractivity contribution is 14.0. The van der Waals surface area contributed by atoms with Crippen LogP contribution in [-0.2, 0) is 13.6 Å². The fraction of sp³-hybridized carbons (Fsp3) is 0.786. The molecule has 1 aromatic rings. The lowest BCUT2D eigenvalue weighted by Crippen LogP contribution is -2.72. The Morgan fingerprint density at radius 3 is 2.29 bits per heavy atom. The van der Waals surface area contributed by atoms with E-state index in [2.05, 4.69) is 53.1 Å². The SMILES string of the molecule is CN=C(NCc1nnc(C)n1C)N1CC(C)(C)C1(C)C.I. The van der Waals surface area contributed by atoms with Crippen LogP contribution >= 0.6 is 24.0 Å². The average Bonchev–Trinajstić information content (AvgIpc) is 2.69. The van der Waals surface area contributed by atoms with Crippen molar-refractivity contribution in [2.24, 2.45) is 17.5 Å². The first-order valence-corrected chi connectivity index (χ1v) is 7.04. The third kappa shape index (κ3) is 3.02. The van der Waals surface area contributed by atoms with E-state index in [0.717, 1.165) is 24.2 Å². The van der Waals surface area contributed by atoms with Crippen LogP contribution in [0.5, 0.6) is 0 Å². The van der Waals surface area contributed by atoms with Crippen LogP contribution in [0, 0.1) is 12.3 Å². The fourth-order valence-electron chi connectivity index (χ4n) is 2.46. The zero-order valence-electron chi connectivity index (χ0n) is 14.1. The van der Waals surface area contributed by atoms with Crippen molar-refractivity contribution >= 4 is 29.9 Å². The van der Waals surface area contributed by atoms with Crippen LogP contribution in [0.3, 0.4) is 0 Å². The molecule has 0 amide bonds. The molecule has 2 rings (SSSR count). The third-order valence-electron chi connectivity index (χ3n) is 4.94. The molecular formula is C14H27IN6. The molecule has 2 heterocycles. The molecule has 1 N–H and O–H groups in total. The maximum atomic E-state index is 4.40. The van der Waals surface area contributed by atoms with Crippen LogP contribution in [0.2, 0.25) is 0 Å². The summed E-state index contributed by atoms with van der Waals surface area (Å²) < 4.78 is 1.99. The van der Waals surface area contributed by atoms with Gasteiger partial charge in [0.15, 0.2) is 11.8 Å². The topological polar surface area (TPSA) is 58.3 Å². The number of halogens is 1. The standard InChI is InChI=1S/C14H26N6.HI/c1-10-17-18-11(19(10)7)8-16-12(15-6)20-9-13(2,3)14(20,4)5;/h8-9H2,1-7H3,(H,15,16);1H. The summed E-state index contributed by atoms with van der Waals surface area (Å²) in [7, 11) is 3.80. The van der Waals surface area contributed by atoms with E-state index in [0.29, 0.717) is 12.0 Å². The van der Waals surface area contributed by atoms with Crippen LogP contribution in [0.15, 0.2) is 4.99 Å². The van der Waals surface area contributed by atoms with Crippen molar-refractivity contribution in [3.63, 3.8) is 0 Å². The zero-order chi connectivity index (χ0) is 15.1. The second-order valence-electron chi connectivity index (χ2n) is 6.65. The van der Waals surface area contributed by atoms with Gasteiger partial charge in [0.1, 0.15) is 5.82 Å². The largest absolute Gasteiger partial charge is 0.349 e. The second kappa shape index (κ2) is 6.10. The Morgan fingerprint density at radius 2 is 1.90 bits per heavy atom. The third-order valence-corrected chi connectivity index (χ3v) is 4.94. The molecule has 1 saturated heterocycles. The molecule has 0 spiro atoms. The first kappa shape index (κ1) is 18.2. The number of rotatable bonds is 2. The second-order valence-corrected chi connectivity index (χ2v) is 6.65. The quantitative estimate of drug-likeness (QED) is 0.464. The molecule has 0 bridgehead atoms. The molecule has 1 aromatic heterocycles. The lowest BCUT2D eigenvalue weighted by atomic mass is 9.65. The number of aliphatic imine (C=N–C) groups is 1. The number of hydrogen-bond acceptors (Lipinski definition) is 3. The number of nitrogens with zero attached hydrogens (tertiary/aromatic N) is 5. The van der Waals surface area contributed by atoms with E-state index < -0.39 is 0 Å². The smallest absolute Gasteiger partial charge is 0.194 e. The lowest BCUT2D eigenvalue weighted by molar-refractivity contribution is -0.0668. The number of aromatic nitrogens is 3. The minimum Gasteiger partial charge on any atom is -0.349 e. The van der Waals surface area contributed by atoms with Gasteiger partial charge in [-0.3, -0.25) is 4.99 Å². The van der Waals surface area contributed by atoms with Crippen molar-refractivity contribution < 1.29 is 0 Å². The van der Waals surface area contributed by atoms with Gasteiger partial charge >= 0.3 is 0 Å². The molecule has 1 aliphatic rings. The molecule has 1 fully saturated rings. The molecule has 0 aliphatic carbocycles. The Balaban J connectivity index is 0.00000220. The highest BCUT2D eigenvalue weighted by Crippen LogP contribution is 2.46. The van der Waals surface area contributed by atoms with Gasteiger partial charge in [0.2, 0.25) is 0 Å². The highest BCUT2D eigenvalue weighted by atomic mass is 127. The van der Waals surface area contributed by atoms with Crippen LogP contribution < -0.4 is 5.32 Å². The summed E-state index contributed by atoms with van der Waals surface area (Å²) in [5, 5.41) is 11.6. The molecule has 0 aromatic carbocycles. The summed E-state index contributed by atoms with van der Waals surface area (Å²) in [6, 6.07) is 0. The maximum absolute atomic E-state index is 4.40. The van der Waals surface area contributed by atoms with Crippen molar-refractivity contribution in [3.05, 3.63) is 11.6 Å². The van der Waals surface area contributed by atoms with E-state index in [9.17, 15) is 0 Å². The van der Waals surface area contributed by atoms with Gasteiger partial charge in [-0.25, -0.2) is 0 Å². The van der Waals surface area contributed by atoms with E-state index in [4.69, 9.17) is 0 Å². The van der Waals surface area contributed by atoms with Gasteiger partial charge in [0, 0.05) is 31.6 Å². The van der Waals surface area contributed by atoms with Crippen LogP contribution in [0.25, 0.3) is 0 Å². The number of nitrogens with one attached hydrogen (secondary N) is 1. The van der Waals surface area contributed by atoms with E-state index in [1.54, 1.807) is 0 Å². The summed E-state index contributed by atoms with van der Waals surface area (Å²) in [6.45, 7) is 12.7. The Kier molecular flexibility index (Phi) is 5.28. The molecule has 1 aliphatic heterocycles. The predicted octanol–water partition coefficient (Wildman–Crippen LogP) is 1.94. The molecular weight excluding hydrogens is 379 g/mol. The molecule has 0 atom stereocenters. The van der Waals surface area contributed by atoms with E-state index in [-0.39, 0.29) is 29.5 Å². The lowest BCUT2D eigenvalue weighted by Gasteiger charge is -2.62. The number of hydrogen-bond donors (Lipinski definition) is 1. The normalized spacial score (nSPS) is 19.8. The summed E-state index contributed by atoms with van der Waals surface area (Å²) in [5.74, 6) is 2.76. The Hall–Kier alpha value is -0.860. The molecule has 0 unspecified atom stereocenters. The average molecular weight is 406 g/mol. The minimum atomic E-state index is 0. The highest BCUT2D eigenvalue weighted by Gasteiger charge is 2.53. The van der Waals surface area contributed by atoms with Crippen molar-refractivity contribution in [1.82, 2.24) is 25.0 Å². The Morgan fingerprint density at radius 1 is 1.29 bits per heavy atom. The van der Waals surface area contributed by atoms with Crippen LogP contribution in [-0.4, -0.2) is 44.8 Å². The van der Waals surface area contributed by atoms with Crippen molar-refractivity contribution in [3.8, 4) is 0 Å². The van der Waals surface area contributed by atoms with Gasteiger partial charge in [0.05, 0.1) is 6.54 Å². The van der Waals surface area contributed by atoms with Gasteiger partial charge in [-0.1, -0.05) is 13.8 Å². The molecule has 21 heavy (non-hydrogen) atoms. The summed E-state index contributed by atoms with van der Waals surface area (Å²) in [5.41, 5.74) is 0.399. The van der Waals surface area contributed by atoms with Gasteiger partial charge < -0.3 is 14.8 Å². The van der Waals surface area contributed by atoms with Crippen LogP contribution in [0.1, 0.15) is 39.3 Å². The molecule has 6 nitrogen and oxygen atoms in total. The molecule has 120 valence electrons. The van der Waals surface area contributed by atoms with Crippen molar-refractivity contribution in [2.75, 3.05) is 13.6 Å². The van der Waals surface area contributed by atoms with Crippen LogP contribution in [0.4, 0.5) is 0 Å². The first-order valence-electron chi connectivity index (χ1n) is 7.04. The zero-order valence-corrected chi connectivity index (χ0v) is 16.4.